The van der Waals surface area contributed by atoms with Gasteiger partial charge < -0.3 is 24.1 Å². The van der Waals surface area contributed by atoms with Gasteiger partial charge in [-0.2, -0.15) is 0 Å². The molecular weight excluding hydrogens is 1080 g/mol. The normalized spacial score (nSPS) is 24.2. The van der Waals surface area contributed by atoms with Crippen LogP contribution in [0.3, 0.4) is 0 Å². The number of hydrogen-bond donors (Lipinski definition) is 1. The molecule has 1 N–H and O–H groups in total. The summed E-state index contributed by atoms with van der Waals surface area (Å²) < 4.78 is 29.4. The number of hydrogen-bond acceptors (Lipinski definition) is 6. The van der Waals surface area contributed by atoms with Gasteiger partial charge in [-0.25, -0.2) is 0 Å². The van der Waals surface area contributed by atoms with Crippen LogP contribution >= 0.6 is 0 Å². The third-order valence-electron chi connectivity index (χ3n) is 22.6. The molecule has 0 bridgehead atoms. The lowest BCUT2D eigenvalue weighted by molar-refractivity contribution is -0.284. The molecule has 0 saturated carbocycles. The zero-order valence-corrected chi connectivity index (χ0v) is 63.5. The Bertz CT molecular complexity index is 1710. The minimum absolute atomic E-state index is 0.124. The van der Waals surface area contributed by atoms with Gasteiger partial charge in [0.2, 0.25) is 0 Å². The van der Waals surface area contributed by atoms with E-state index in [1.165, 1.54) is 167 Å². The fourth-order valence-corrected chi connectivity index (χ4v) is 16.0. The van der Waals surface area contributed by atoms with Gasteiger partial charge in [-0.15, -0.1) is 0 Å². The van der Waals surface area contributed by atoms with Crippen molar-refractivity contribution in [3.05, 3.63) is 0 Å². The Balaban J connectivity index is 2.44. The molecule has 2 aliphatic heterocycles. The number of ether oxygens (including phenoxy) is 4. The summed E-state index contributed by atoms with van der Waals surface area (Å²) >= 11 is 0. The molecular formula is C82H160O6. The van der Waals surface area contributed by atoms with Crippen molar-refractivity contribution < 1.29 is 28.8 Å². The summed E-state index contributed by atoms with van der Waals surface area (Å²) in [5.74, 6) is 8.84. The van der Waals surface area contributed by atoms with E-state index >= 15 is 0 Å². The van der Waals surface area contributed by atoms with Crippen molar-refractivity contribution in [1.29, 1.82) is 0 Å². The van der Waals surface area contributed by atoms with Gasteiger partial charge in [-0.3, -0.25) is 4.79 Å². The van der Waals surface area contributed by atoms with Crippen LogP contribution < -0.4 is 0 Å². The maximum atomic E-state index is 12.9. The third kappa shape index (κ3) is 36.8. The molecule has 88 heavy (non-hydrogen) atoms. The van der Waals surface area contributed by atoms with Crippen molar-refractivity contribution in [3.63, 3.8) is 0 Å². The van der Waals surface area contributed by atoms with Crippen molar-refractivity contribution in [2.24, 2.45) is 71.0 Å². The summed E-state index contributed by atoms with van der Waals surface area (Å²) in [5, 5.41) is 12.4. The van der Waals surface area contributed by atoms with Crippen molar-refractivity contribution in [2.45, 2.75) is 449 Å². The molecule has 0 aromatic heterocycles. The predicted molar refractivity (Wildman–Crippen MR) is 383 cm³/mol. The first-order valence-electron chi connectivity index (χ1n) is 39.3. The second-order valence-corrected chi connectivity index (χ2v) is 34.8. The summed E-state index contributed by atoms with van der Waals surface area (Å²) in [6.45, 7) is 49.2. The van der Waals surface area contributed by atoms with Crippen molar-refractivity contribution in [3.8, 4) is 0 Å². The molecule has 0 amide bonds. The molecule has 2 saturated heterocycles. The smallest absolute Gasteiger partial charge is 0.303 e. The Labute approximate surface area is 552 Å². The van der Waals surface area contributed by atoms with Gasteiger partial charge in [0.1, 0.15) is 11.7 Å². The zero-order valence-electron chi connectivity index (χ0n) is 63.5. The van der Waals surface area contributed by atoms with Crippen LogP contribution in [0, 0.1) is 71.0 Å². The largest absolute Gasteiger partial charge is 0.459 e. The summed E-state index contributed by atoms with van der Waals surface area (Å²) in [6, 6.07) is 0. The standard InChI is InChI=1S/C82H160O6/c1-62(2)34-22-38-66(9)42-26-46-70(13)50-30-58-79(18,84)75-54-55-77(86-75)81(20,60-32-52-72(15)48-28-44-68(11)40-24-36-64(5)6)88-82(21,61-33-53-73(16)49-29-45-69(12)41-25-37-65(7)8)78-57-56-76(85-74(17)83)80(19,87-78)59-31-51-71(14)47-27-43-67(10)39-23-35-63(3)4/h62-73,75-78,84H,22-61H2,1-21H3/t66-,67-,68-,69-,70-,71-,72-,73-,75?,76-,77?,78+,79?,80+,81?,82?/m1/s1. The predicted octanol–water partition coefficient (Wildman–Crippen LogP) is 25.4. The lowest BCUT2D eigenvalue weighted by atomic mass is 9.78. The topological polar surface area (TPSA) is 74.2 Å². The summed E-state index contributed by atoms with van der Waals surface area (Å²) in [5.41, 5.74) is -2.67. The van der Waals surface area contributed by atoms with Crippen LogP contribution in [0.2, 0.25) is 0 Å². The molecule has 524 valence electrons. The highest BCUT2D eigenvalue weighted by Crippen LogP contribution is 2.47. The molecule has 0 spiro atoms. The fourth-order valence-electron chi connectivity index (χ4n) is 16.0. The molecule has 2 fully saturated rings. The summed E-state index contributed by atoms with van der Waals surface area (Å²) in [6.07, 6.45) is 46.9. The number of carbonyl (C=O) groups excluding carboxylic acids is 1. The van der Waals surface area contributed by atoms with E-state index in [1.54, 1.807) is 6.92 Å². The highest BCUT2D eigenvalue weighted by molar-refractivity contribution is 5.66. The lowest BCUT2D eigenvalue weighted by Gasteiger charge is -2.52. The average Bonchev–Trinajstić information content (AvgIpc) is 1.37. The van der Waals surface area contributed by atoms with E-state index in [4.69, 9.17) is 18.9 Å². The van der Waals surface area contributed by atoms with E-state index in [1.807, 2.05) is 0 Å². The lowest BCUT2D eigenvalue weighted by Crippen LogP contribution is -2.60. The highest BCUT2D eigenvalue weighted by Gasteiger charge is 2.54. The van der Waals surface area contributed by atoms with Crippen LogP contribution in [0.5, 0.6) is 0 Å². The summed E-state index contributed by atoms with van der Waals surface area (Å²) in [7, 11) is 0. The zero-order chi connectivity index (χ0) is 65.9. The van der Waals surface area contributed by atoms with Crippen LogP contribution in [0.1, 0.15) is 402 Å². The van der Waals surface area contributed by atoms with E-state index in [9.17, 15) is 9.90 Å². The van der Waals surface area contributed by atoms with Gasteiger partial charge >= 0.3 is 5.97 Å². The number of aliphatic hydroxyl groups is 1. The summed E-state index contributed by atoms with van der Waals surface area (Å²) in [4.78, 5) is 12.9. The Morgan fingerprint density at radius 1 is 0.398 bits per heavy atom. The molecule has 2 rings (SSSR count). The molecule has 2 aliphatic rings. The molecule has 6 heteroatoms. The Morgan fingerprint density at radius 3 is 1.00 bits per heavy atom. The SMILES string of the molecule is CC(=O)O[C@@H]1CC[C@@H](C(C)(CCC[C@H](C)CCC[C@H](C)CCCC(C)C)OC(C)(CCC[C@H](C)CCC[C@H](C)CCCC(C)C)C2CCC(C(C)(O)CCC[C@H](C)CCC[C@H](C)CCCC(C)C)O2)O[C@@]1(C)CCC[C@H](C)CCC[C@H](C)CCCC(C)C. The molecule has 0 aromatic carbocycles. The Morgan fingerprint density at radius 2 is 0.670 bits per heavy atom. The second kappa shape index (κ2) is 44.9. The molecule has 6 nitrogen and oxygen atoms in total. The monoisotopic (exact) mass is 1240 g/mol. The maximum Gasteiger partial charge on any atom is 0.303 e. The van der Waals surface area contributed by atoms with Crippen molar-refractivity contribution >= 4 is 5.97 Å². The van der Waals surface area contributed by atoms with Gasteiger partial charge in [0.05, 0.1) is 35.1 Å². The van der Waals surface area contributed by atoms with Gasteiger partial charge in [0.15, 0.2) is 0 Å². The van der Waals surface area contributed by atoms with E-state index in [0.29, 0.717) is 23.7 Å². The molecule has 0 aromatic rings. The van der Waals surface area contributed by atoms with Crippen LogP contribution in [0.15, 0.2) is 0 Å². The van der Waals surface area contributed by atoms with Gasteiger partial charge in [-0.05, 0) is 150 Å². The second-order valence-electron chi connectivity index (χ2n) is 34.8. The molecule has 2 heterocycles. The van der Waals surface area contributed by atoms with E-state index in [-0.39, 0.29) is 30.4 Å². The van der Waals surface area contributed by atoms with Crippen LogP contribution in [0.25, 0.3) is 0 Å². The average molecular weight is 1240 g/mol. The van der Waals surface area contributed by atoms with Gasteiger partial charge in [0, 0.05) is 6.92 Å². The highest BCUT2D eigenvalue weighted by atomic mass is 16.6. The van der Waals surface area contributed by atoms with Crippen molar-refractivity contribution in [1.82, 2.24) is 0 Å². The quantitative estimate of drug-likeness (QED) is 0.0612. The first-order chi connectivity index (χ1) is 41.4. The van der Waals surface area contributed by atoms with Crippen LogP contribution in [-0.4, -0.2) is 57.9 Å². The Kier molecular flexibility index (Phi) is 42.5. The first-order valence-corrected chi connectivity index (χ1v) is 39.3. The minimum Gasteiger partial charge on any atom is -0.459 e. The van der Waals surface area contributed by atoms with Gasteiger partial charge in [-0.1, -0.05) is 316 Å². The van der Waals surface area contributed by atoms with E-state index < -0.39 is 22.4 Å². The Hall–Kier alpha value is -0.690. The van der Waals surface area contributed by atoms with E-state index in [2.05, 4.69) is 138 Å². The fraction of sp³-hybridized carbons (Fsp3) is 0.988. The van der Waals surface area contributed by atoms with E-state index in [0.717, 1.165) is 137 Å². The molecule has 16 atom stereocenters. The number of esters is 1. The molecule has 0 aliphatic carbocycles. The molecule has 0 radical (unpaired) electrons. The molecule has 5 unspecified atom stereocenters. The minimum atomic E-state index is -0.894. The third-order valence-corrected chi connectivity index (χ3v) is 22.6. The van der Waals surface area contributed by atoms with Gasteiger partial charge in [0.25, 0.3) is 0 Å². The van der Waals surface area contributed by atoms with Crippen molar-refractivity contribution in [2.75, 3.05) is 0 Å². The van der Waals surface area contributed by atoms with Crippen LogP contribution in [0.4, 0.5) is 0 Å². The maximum absolute atomic E-state index is 12.9. The first kappa shape index (κ1) is 83.4. The van der Waals surface area contributed by atoms with Crippen LogP contribution in [-0.2, 0) is 23.7 Å². The number of rotatable bonds is 54. The number of carbonyl (C=O) groups is 1.